The molecule has 2 atom stereocenters. The van der Waals surface area contributed by atoms with E-state index in [0.717, 1.165) is 11.1 Å². The molecule has 1 amide bonds. The minimum absolute atomic E-state index is 0.212. The van der Waals surface area contributed by atoms with Crippen molar-refractivity contribution >= 4 is 23.8 Å². The zero-order valence-electron chi connectivity index (χ0n) is 17.7. The Morgan fingerprint density at radius 1 is 1.13 bits per heavy atom. The number of guanidine groups is 1. The predicted molar refractivity (Wildman–Crippen MR) is 115 cm³/mol. The molecule has 1 fully saturated rings. The van der Waals surface area contributed by atoms with Crippen LogP contribution in [0.4, 0.5) is 5.95 Å². The molecule has 0 aliphatic carbocycles. The molecule has 0 bridgehead atoms. The van der Waals surface area contributed by atoms with Crippen LogP contribution in [0.1, 0.15) is 24.1 Å². The predicted octanol–water partition coefficient (Wildman–Crippen LogP) is 1.31. The number of aliphatic imine (C=N–C) groups is 1. The third kappa shape index (κ3) is 4.50. The molecule has 2 aliphatic rings. The Kier molecular flexibility index (Phi) is 6.11. The van der Waals surface area contributed by atoms with Crippen LogP contribution in [0.3, 0.4) is 0 Å². The highest BCUT2D eigenvalue weighted by Crippen LogP contribution is 2.31. The molecule has 9 heteroatoms. The van der Waals surface area contributed by atoms with Gasteiger partial charge in [0.05, 0.1) is 6.61 Å². The van der Waals surface area contributed by atoms with Gasteiger partial charge < -0.3 is 14.5 Å². The van der Waals surface area contributed by atoms with Crippen LogP contribution in [-0.4, -0.2) is 65.5 Å². The van der Waals surface area contributed by atoms with E-state index in [1.165, 1.54) is 0 Å². The summed E-state index contributed by atoms with van der Waals surface area (Å²) in [6.45, 7) is 6.63. The number of nitrogens with one attached hydrogen (secondary N) is 1. The summed E-state index contributed by atoms with van der Waals surface area (Å²) in [5, 5.41) is 2.83. The second-order valence-electron chi connectivity index (χ2n) is 7.55. The van der Waals surface area contributed by atoms with Crippen molar-refractivity contribution in [2.45, 2.75) is 19.9 Å². The van der Waals surface area contributed by atoms with Crippen molar-refractivity contribution in [1.29, 1.82) is 0 Å². The van der Waals surface area contributed by atoms with E-state index in [4.69, 9.17) is 9.73 Å². The average Bonchev–Trinajstić information content (AvgIpc) is 2.79. The number of esters is 1. The van der Waals surface area contributed by atoms with Crippen LogP contribution < -0.4 is 10.2 Å². The molecule has 3 heterocycles. The van der Waals surface area contributed by atoms with Crippen LogP contribution in [0.15, 0.2) is 47.7 Å². The van der Waals surface area contributed by atoms with Crippen molar-refractivity contribution in [1.82, 2.24) is 20.2 Å². The van der Waals surface area contributed by atoms with Crippen LogP contribution in [0.25, 0.3) is 0 Å². The lowest BCUT2D eigenvalue weighted by Gasteiger charge is -2.38. The van der Waals surface area contributed by atoms with Crippen LogP contribution in [0.5, 0.6) is 0 Å². The summed E-state index contributed by atoms with van der Waals surface area (Å²) >= 11 is 0. The fourth-order valence-corrected chi connectivity index (χ4v) is 3.89. The number of anilines is 1. The van der Waals surface area contributed by atoms with Gasteiger partial charge >= 0.3 is 5.97 Å². The van der Waals surface area contributed by atoms with E-state index in [9.17, 15) is 9.59 Å². The molecular formula is C22H26N6O3. The van der Waals surface area contributed by atoms with Crippen LogP contribution in [-0.2, 0) is 14.3 Å². The molecule has 1 aromatic heterocycles. The number of piperazine rings is 1. The third-order valence-electron chi connectivity index (χ3n) is 5.43. The maximum absolute atomic E-state index is 13.0. The van der Waals surface area contributed by atoms with Gasteiger partial charge in [0.15, 0.2) is 5.92 Å². The molecular weight excluding hydrogens is 396 g/mol. The molecule has 1 aromatic carbocycles. The lowest BCUT2D eigenvalue weighted by molar-refractivity contribution is -0.153. The highest BCUT2D eigenvalue weighted by atomic mass is 16.5. The van der Waals surface area contributed by atoms with Crippen molar-refractivity contribution in [3.8, 4) is 0 Å². The number of carbonyl (C=O) groups is 2. The van der Waals surface area contributed by atoms with E-state index in [0.29, 0.717) is 38.1 Å². The van der Waals surface area contributed by atoms with Gasteiger partial charge in [0.1, 0.15) is 6.04 Å². The minimum atomic E-state index is -1.01. The quantitative estimate of drug-likeness (QED) is 0.586. The molecule has 1 saturated heterocycles. The van der Waals surface area contributed by atoms with E-state index < -0.39 is 17.9 Å². The highest BCUT2D eigenvalue weighted by Gasteiger charge is 2.42. The Labute approximate surface area is 181 Å². The number of ether oxygens (including phenoxy) is 1. The maximum atomic E-state index is 13.0. The summed E-state index contributed by atoms with van der Waals surface area (Å²) in [5.74, 6) is -0.767. The number of aromatic nitrogens is 2. The number of nitrogens with zero attached hydrogens (tertiary/aromatic N) is 5. The maximum Gasteiger partial charge on any atom is 0.321 e. The summed E-state index contributed by atoms with van der Waals surface area (Å²) in [7, 11) is 0. The van der Waals surface area contributed by atoms with Gasteiger partial charge in [-0.05, 0) is 25.5 Å². The number of amides is 1. The van der Waals surface area contributed by atoms with E-state index in [-0.39, 0.29) is 12.5 Å². The lowest BCUT2D eigenvalue weighted by Crippen LogP contribution is -2.57. The van der Waals surface area contributed by atoms with Crippen LogP contribution >= 0.6 is 0 Å². The standard InChI is InChI=1S/C22H26N6O3/c1-3-31-20(30)17-18(16-7-4-6-15(2)14-16)25-22(26-19(17)29)28-12-10-27(11-13-28)21-23-8-5-9-24-21/h4-9,14,17-18H,3,10-13H2,1-2H3,(H,25,26,29)/t17-,18-/m0/s1. The summed E-state index contributed by atoms with van der Waals surface area (Å²) in [5.41, 5.74) is 1.86. The van der Waals surface area contributed by atoms with Gasteiger partial charge in [-0.2, -0.15) is 0 Å². The van der Waals surface area contributed by atoms with Gasteiger partial charge in [0.2, 0.25) is 17.8 Å². The summed E-state index contributed by atoms with van der Waals surface area (Å²) in [6.07, 6.45) is 3.45. The van der Waals surface area contributed by atoms with Crippen molar-refractivity contribution in [3.63, 3.8) is 0 Å². The molecule has 31 heavy (non-hydrogen) atoms. The Hall–Kier alpha value is -3.49. The number of benzene rings is 1. The normalized spacial score (nSPS) is 21.4. The average molecular weight is 422 g/mol. The first-order chi connectivity index (χ1) is 15.1. The number of hydrogen-bond donors (Lipinski definition) is 1. The van der Waals surface area contributed by atoms with Crippen molar-refractivity contribution in [2.24, 2.45) is 10.9 Å². The van der Waals surface area contributed by atoms with E-state index >= 15 is 0 Å². The first-order valence-corrected chi connectivity index (χ1v) is 10.5. The Bertz CT molecular complexity index is 972. The van der Waals surface area contributed by atoms with Gasteiger partial charge in [-0.25, -0.2) is 15.0 Å². The van der Waals surface area contributed by atoms with E-state index in [1.54, 1.807) is 25.4 Å². The number of aryl methyl sites for hydroxylation is 1. The van der Waals surface area contributed by atoms with Crippen molar-refractivity contribution in [3.05, 3.63) is 53.9 Å². The molecule has 162 valence electrons. The van der Waals surface area contributed by atoms with E-state index in [2.05, 4.69) is 20.2 Å². The number of carbonyl (C=O) groups excluding carboxylic acids is 2. The van der Waals surface area contributed by atoms with E-state index in [1.807, 2.05) is 36.1 Å². The first-order valence-electron chi connectivity index (χ1n) is 10.5. The van der Waals surface area contributed by atoms with Gasteiger partial charge in [-0.15, -0.1) is 0 Å². The Balaban J connectivity index is 1.57. The zero-order chi connectivity index (χ0) is 21.8. The smallest absolute Gasteiger partial charge is 0.321 e. The van der Waals surface area contributed by atoms with Crippen LogP contribution in [0.2, 0.25) is 0 Å². The second kappa shape index (κ2) is 9.11. The summed E-state index contributed by atoms with van der Waals surface area (Å²) in [6, 6.07) is 8.90. The fourth-order valence-electron chi connectivity index (χ4n) is 3.89. The largest absolute Gasteiger partial charge is 0.465 e. The molecule has 0 radical (unpaired) electrons. The SMILES string of the molecule is CCOC(=O)[C@@H]1C(=O)NC(N2CCN(c3ncccn3)CC2)=N[C@H]1c1cccc(C)c1. The molecule has 2 aliphatic heterocycles. The number of hydrogen-bond acceptors (Lipinski definition) is 8. The fraction of sp³-hybridized carbons (Fsp3) is 0.409. The molecule has 4 rings (SSSR count). The molecule has 2 aromatic rings. The topological polar surface area (TPSA) is 100 Å². The summed E-state index contributed by atoms with van der Waals surface area (Å²) < 4.78 is 5.17. The lowest BCUT2D eigenvalue weighted by atomic mass is 9.90. The third-order valence-corrected chi connectivity index (χ3v) is 5.43. The second-order valence-corrected chi connectivity index (χ2v) is 7.55. The summed E-state index contributed by atoms with van der Waals surface area (Å²) in [4.78, 5) is 43.1. The van der Waals surface area contributed by atoms with Gasteiger partial charge in [0.25, 0.3) is 0 Å². The van der Waals surface area contributed by atoms with Gasteiger partial charge in [-0.1, -0.05) is 29.8 Å². The van der Waals surface area contributed by atoms with Gasteiger partial charge in [-0.3, -0.25) is 14.9 Å². The van der Waals surface area contributed by atoms with Crippen molar-refractivity contribution < 1.29 is 14.3 Å². The first kappa shape index (κ1) is 20.8. The minimum Gasteiger partial charge on any atom is -0.465 e. The van der Waals surface area contributed by atoms with Crippen LogP contribution in [0, 0.1) is 12.8 Å². The van der Waals surface area contributed by atoms with Crippen molar-refractivity contribution in [2.75, 3.05) is 37.7 Å². The molecule has 9 nitrogen and oxygen atoms in total. The number of rotatable bonds is 4. The zero-order valence-corrected chi connectivity index (χ0v) is 17.7. The monoisotopic (exact) mass is 422 g/mol. The molecule has 0 saturated carbocycles. The Morgan fingerprint density at radius 2 is 1.84 bits per heavy atom. The Morgan fingerprint density at radius 3 is 2.52 bits per heavy atom. The molecule has 0 spiro atoms. The van der Waals surface area contributed by atoms with Gasteiger partial charge in [0, 0.05) is 38.6 Å². The molecule has 0 unspecified atom stereocenters. The molecule has 1 N–H and O–H groups in total. The highest BCUT2D eigenvalue weighted by molar-refractivity contribution is 6.08.